The van der Waals surface area contributed by atoms with Crippen molar-refractivity contribution in [3.05, 3.63) is 36.0 Å². The maximum atomic E-state index is 15.6. The monoisotopic (exact) mass is 696 g/mol. The number of allylic oxidation sites excluding steroid dienone is 3. The van der Waals surface area contributed by atoms with Crippen molar-refractivity contribution in [2.45, 2.75) is 154 Å². The van der Waals surface area contributed by atoms with Gasteiger partial charge in [0, 0.05) is 32.3 Å². The quantitative estimate of drug-likeness (QED) is 0.0722. The van der Waals surface area contributed by atoms with Crippen molar-refractivity contribution < 1.29 is 47.6 Å². The zero-order valence-electron chi connectivity index (χ0n) is 31.2. The molecule has 7 unspecified atom stereocenters. The number of epoxide rings is 1. The number of ketones is 1. The van der Waals surface area contributed by atoms with Gasteiger partial charge in [-0.05, 0) is 88.2 Å². The van der Waals surface area contributed by atoms with Gasteiger partial charge in [-0.1, -0.05) is 52.8 Å². The summed E-state index contributed by atoms with van der Waals surface area (Å²) in [5.41, 5.74) is -3.09. The zero-order chi connectivity index (χ0) is 36.8. The summed E-state index contributed by atoms with van der Waals surface area (Å²) < 4.78 is 38.3. The van der Waals surface area contributed by atoms with Crippen molar-refractivity contribution in [2.75, 3.05) is 7.11 Å². The van der Waals surface area contributed by atoms with Gasteiger partial charge < -0.3 is 28.8 Å². The van der Waals surface area contributed by atoms with Crippen molar-refractivity contribution in [2.24, 2.45) is 17.8 Å². The van der Waals surface area contributed by atoms with Crippen LogP contribution in [0.5, 0.6) is 0 Å². The smallest absolute Gasteiger partial charge is 0.306 e. The molecule has 274 valence electrons. The number of methoxy groups -OCH3 is 1. The Labute approximate surface area is 288 Å². The molecule has 0 spiro atoms. The largest absolute Gasteiger partial charge is 0.457 e. The number of esters is 2. The SMILES string of the molecule is CC[C@H](OC)C(C)C1OC1C(=O)C(C)(F)/C=C/C=C(\C)[C@H]1OC(=O)CC(CC(C)(C)[Si](C)(C)O)CCC(C)(O)[C@@H](OC(C)=O)/C=C/C1C. The van der Waals surface area contributed by atoms with E-state index in [1.165, 1.54) is 26.0 Å². The molecule has 2 aliphatic rings. The highest BCUT2D eigenvalue weighted by Gasteiger charge is 2.54. The molecule has 0 aliphatic carbocycles. The predicted octanol–water partition coefficient (Wildman–Crippen LogP) is 6.57. The number of rotatable bonds is 13. The number of carbonyl (C=O) groups is 3. The van der Waals surface area contributed by atoms with E-state index in [-0.39, 0.29) is 30.8 Å². The molecular weight excluding hydrogens is 635 g/mol. The van der Waals surface area contributed by atoms with E-state index in [1.807, 2.05) is 47.7 Å². The molecular formula is C37H61FO9Si. The van der Waals surface area contributed by atoms with E-state index >= 15 is 4.39 Å². The minimum atomic E-state index is -2.61. The Morgan fingerprint density at radius 3 is 2.38 bits per heavy atom. The Balaban J connectivity index is 2.37. The summed E-state index contributed by atoms with van der Waals surface area (Å²) >= 11 is 0. The van der Waals surface area contributed by atoms with Gasteiger partial charge in [-0.25, -0.2) is 4.39 Å². The molecule has 1 fully saturated rings. The molecule has 0 amide bonds. The van der Waals surface area contributed by atoms with E-state index in [0.29, 0.717) is 18.4 Å². The molecule has 2 aliphatic heterocycles. The molecule has 0 aromatic rings. The van der Waals surface area contributed by atoms with Gasteiger partial charge in [0.05, 0.1) is 12.2 Å². The number of halogens is 1. The Kier molecular flexibility index (Phi) is 14.6. The first kappa shape index (κ1) is 42.0. The molecule has 2 N–H and O–H groups in total. The Morgan fingerprint density at radius 1 is 1.21 bits per heavy atom. The predicted molar refractivity (Wildman–Crippen MR) is 186 cm³/mol. The van der Waals surface area contributed by atoms with Crippen molar-refractivity contribution in [3.8, 4) is 0 Å². The van der Waals surface area contributed by atoms with Crippen LogP contribution in [0.4, 0.5) is 4.39 Å². The highest BCUT2D eigenvalue weighted by atomic mass is 28.4. The third kappa shape index (κ3) is 11.4. The van der Waals surface area contributed by atoms with Crippen LogP contribution in [0, 0.1) is 17.8 Å². The molecule has 2 rings (SSSR count). The number of carbonyl (C=O) groups excluding carboxylic acids is 3. The summed E-state index contributed by atoms with van der Waals surface area (Å²) in [6, 6.07) is 0. The number of cyclic esters (lactones) is 1. The molecule has 10 atom stereocenters. The van der Waals surface area contributed by atoms with Crippen LogP contribution in [-0.2, 0) is 33.3 Å². The molecule has 0 bridgehead atoms. The molecule has 48 heavy (non-hydrogen) atoms. The van der Waals surface area contributed by atoms with Gasteiger partial charge in [0.25, 0.3) is 0 Å². The lowest BCUT2D eigenvalue weighted by Gasteiger charge is -2.39. The minimum Gasteiger partial charge on any atom is -0.457 e. The Morgan fingerprint density at radius 2 is 1.83 bits per heavy atom. The molecule has 1 saturated heterocycles. The van der Waals surface area contributed by atoms with Gasteiger partial charge in [0.15, 0.2) is 14.0 Å². The van der Waals surface area contributed by atoms with Crippen LogP contribution in [0.25, 0.3) is 0 Å². The number of ether oxygens (including phenoxy) is 4. The van der Waals surface area contributed by atoms with Crippen LogP contribution < -0.4 is 0 Å². The van der Waals surface area contributed by atoms with Gasteiger partial charge in [-0.2, -0.15) is 0 Å². The van der Waals surface area contributed by atoms with E-state index in [2.05, 4.69) is 0 Å². The van der Waals surface area contributed by atoms with Crippen LogP contribution in [0.2, 0.25) is 18.1 Å². The maximum Gasteiger partial charge on any atom is 0.306 e. The second kappa shape index (κ2) is 16.7. The van der Waals surface area contributed by atoms with E-state index < -0.39 is 72.7 Å². The van der Waals surface area contributed by atoms with Crippen LogP contribution in [0.1, 0.15) is 94.4 Å². The lowest BCUT2D eigenvalue weighted by Crippen LogP contribution is -2.43. The fraction of sp³-hybridized carbons (Fsp3) is 0.757. The summed E-state index contributed by atoms with van der Waals surface area (Å²) in [6.45, 7) is 19.3. The first-order valence-electron chi connectivity index (χ1n) is 17.2. The van der Waals surface area contributed by atoms with Crippen LogP contribution in [0.3, 0.4) is 0 Å². The van der Waals surface area contributed by atoms with Crippen molar-refractivity contribution in [3.63, 3.8) is 0 Å². The summed E-state index contributed by atoms with van der Waals surface area (Å²) in [6.07, 6.45) is 6.62. The summed E-state index contributed by atoms with van der Waals surface area (Å²) in [5, 5.41) is 11.0. The van der Waals surface area contributed by atoms with Crippen molar-refractivity contribution >= 4 is 26.0 Å². The molecule has 0 radical (unpaired) electrons. The lowest BCUT2D eigenvalue weighted by molar-refractivity contribution is -0.156. The van der Waals surface area contributed by atoms with Crippen LogP contribution in [-0.4, -0.2) is 84.8 Å². The number of hydrogen-bond donors (Lipinski definition) is 2. The first-order chi connectivity index (χ1) is 22.0. The topological polar surface area (TPSA) is 132 Å². The fourth-order valence-corrected chi connectivity index (χ4v) is 7.18. The number of hydrogen-bond acceptors (Lipinski definition) is 9. The number of Topliss-reactive ketones (excluding diaryl/α,β-unsaturated/α-hetero) is 1. The van der Waals surface area contributed by atoms with E-state index in [0.717, 1.165) is 6.42 Å². The zero-order valence-corrected chi connectivity index (χ0v) is 32.2. The molecule has 9 nitrogen and oxygen atoms in total. The second-order valence-corrected chi connectivity index (χ2v) is 20.0. The Hall–Kier alpha value is -2.18. The van der Waals surface area contributed by atoms with Gasteiger partial charge >= 0.3 is 11.9 Å². The normalized spacial score (nSPS) is 32.6. The van der Waals surface area contributed by atoms with E-state index in [4.69, 9.17) is 18.9 Å². The maximum absolute atomic E-state index is 15.6. The minimum absolute atomic E-state index is 0.0618. The molecule has 0 saturated carbocycles. The van der Waals surface area contributed by atoms with E-state index in [9.17, 15) is 24.3 Å². The van der Waals surface area contributed by atoms with Gasteiger partial charge in [-0.3, -0.25) is 14.4 Å². The first-order valence-corrected chi connectivity index (χ1v) is 20.2. The third-order valence-corrected chi connectivity index (χ3v) is 14.0. The molecule has 11 heteroatoms. The summed E-state index contributed by atoms with van der Waals surface area (Å²) in [5.74, 6) is -2.32. The van der Waals surface area contributed by atoms with Gasteiger partial charge in [0.2, 0.25) is 5.78 Å². The summed E-state index contributed by atoms with van der Waals surface area (Å²) in [4.78, 5) is 49.4. The standard InChI is InChI=1S/C37H61FO9Si/c1-13-28(44-10)25(4)32-33(47-32)34(41)36(8,38)19-14-15-23(2)31-24(3)16-17-29(45-26(5)39)37(9,42)20-18-27(21-30(40)46-31)22-35(6,7)48(11,12)43/h14-17,19,24-25,27-29,31-33,42-43H,13,18,20-22H2,1-12H3/b17-16+,19-14+,23-15+/t24?,25?,27?,28-,29-,31+,32?,33?,36?,37?/m0/s1. The highest BCUT2D eigenvalue weighted by molar-refractivity contribution is 6.72. The summed E-state index contributed by atoms with van der Waals surface area (Å²) in [7, 11) is -1.01. The lowest BCUT2D eigenvalue weighted by atomic mass is 9.83. The highest BCUT2D eigenvalue weighted by Crippen LogP contribution is 2.44. The average Bonchev–Trinajstić information content (AvgIpc) is 3.76. The second-order valence-electron chi connectivity index (χ2n) is 15.6. The van der Waals surface area contributed by atoms with E-state index in [1.54, 1.807) is 39.2 Å². The number of aliphatic hydroxyl groups is 1. The van der Waals surface area contributed by atoms with Gasteiger partial charge in [-0.15, -0.1) is 0 Å². The van der Waals surface area contributed by atoms with Crippen LogP contribution in [0.15, 0.2) is 36.0 Å². The van der Waals surface area contributed by atoms with Crippen molar-refractivity contribution in [1.29, 1.82) is 0 Å². The number of alkyl halides is 1. The van der Waals surface area contributed by atoms with Crippen molar-refractivity contribution in [1.82, 2.24) is 0 Å². The van der Waals surface area contributed by atoms with Gasteiger partial charge in [0.1, 0.15) is 23.9 Å². The molecule has 2 heterocycles. The third-order valence-electron chi connectivity index (χ3n) is 10.5. The fourth-order valence-electron chi connectivity index (χ4n) is 6.39. The van der Waals surface area contributed by atoms with Crippen LogP contribution >= 0.6 is 0 Å². The molecule has 0 aromatic heterocycles. The molecule has 0 aromatic carbocycles. The Bertz CT molecular complexity index is 1210. The average molecular weight is 697 g/mol.